The van der Waals surface area contributed by atoms with Gasteiger partial charge in [-0.1, -0.05) is 11.6 Å². The van der Waals surface area contributed by atoms with Crippen molar-refractivity contribution in [2.45, 2.75) is 13.5 Å². The summed E-state index contributed by atoms with van der Waals surface area (Å²) in [4.78, 5) is 13.2. The number of rotatable bonds is 1. The number of amides is 1. The van der Waals surface area contributed by atoms with Crippen LogP contribution in [0.3, 0.4) is 0 Å². The smallest absolute Gasteiger partial charge is 0.254 e. The zero-order valence-corrected chi connectivity index (χ0v) is 8.44. The van der Waals surface area contributed by atoms with Crippen molar-refractivity contribution in [1.29, 1.82) is 0 Å². The van der Waals surface area contributed by atoms with Gasteiger partial charge in [-0.2, -0.15) is 0 Å². The Hall–Kier alpha value is -1.09. The highest BCUT2D eigenvalue weighted by atomic mass is 35.5. The second-order valence-electron chi connectivity index (χ2n) is 3.23. The summed E-state index contributed by atoms with van der Waals surface area (Å²) in [5.41, 5.74) is 0.859. The summed E-state index contributed by atoms with van der Waals surface area (Å²) in [7, 11) is 0. The van der Waals surface area contributed by atoms with Crippen molar-refractivity contribution in [2.75, 3.05) is 6.54 Å². The number of benzene rings is 1. The van der Waals surface area contributed by atoms with Gasteiger partial charge in [-0.25, -0.2) is 4.39 Å². The van der Waals surface area contributed by atoms with Crippen LogP contribution in [0.2, 0.25) is 5.02 Å². The van der Waals surface area contributed by atoms with Gasteiger partial charge in [-0.3, -0.25) is 4.79 Å². The maximum atomic E-state index is 13.4. The Kier molecular flexibility index (Phi) is 2.19. The third kappa shape index (κ3) is 1.28. The van der Waals surface area contributed by atoms with Gasteiger partial charge in [-0.05, 0) is 19.1 Å². The lowest BCUT2D eigenvalue weighted by Crippen LogP contribution is -2.22. The molecule has 0 saturated carbocycles. The summed E-state index contributed by atoms with van der Waals surface area (Å²) in [6, 6.07) is 2.77. The maximum absolute atomic E-state index is 13.4. The highest BCUT2D eigenvalue weighted by molar-refractivity contribution is 6.31. The molecule has 0 bridgehead atoms. The van der Waals surface area contributed by atoms with E-state index in [4.69, 9.17) is 11.6 Å². The van der Waals surface area contributed by atoms with Gasteiger partial charge < -0.3 is 4.90 Å². The van der Waals surface area contributed by atoms with E-state index in [1.54, 1.807) is 4.90 Å². The van der Waals surface area contributed by atoms with E-state index in [0.717, 1.165) is 0 Å². The maximum Gasteiger partial charge on any atom is 0.254 e. The van der Waals surface area contributed by atoms with Gasteiger partial charge in [0.15, 0.2) is 0 Å². The number of carbonyl (C=O) groups excluding carboxylic acids is 1. The van der Waals surface area contributed by atoms with Crippen molar-refractivity contribution >= 4 is 17.5 Å². The first-order chi connectivity index (χ1) is 6.63. The minimum absolute atomic E-state index is 0.135. The largest absolute Gasteiger partial charge is 0.334 e. The molecule has 1 heterocycles. The van der Waals surface area contributed by atoms with Crippen LogP contribution in [0.4, 0.5) is 4.39 Å². The minimum atomic E-state index is -0.392. The number of carbonyl (C=O) groups is 1. The highest BCUT2D eigenvalue weighted by Crippen LogP contribution is 2.28. The second-order valence-corrected chi connectivity index (χ2v) is 3.67. The molecule has 0 aromatic heterocycles. The molecule has 0 atom stereocenters. The standard InChI is InChI=1S/C10H9ClFNO/c1-2-13-5-8-7(10(13)14)3-6(11)4-9(8)12/h3-4H,2,5H2,1H3. The van der Waals surface area contributed by atoms with E-state index >= 15 is 0 Å². The first-order valence-electron chi connectivity index (χ1n) is 4.40. The number of hydrogen-bond donors (Lipinski definition) is 0. The molecule has 0 fully saturated rings. The van der Waals surface area contributed by atoms with Crippen molar-refractivity contribution in [1.82, 2.24) is 4.90 Å². The normalized spacial score (nSPS) is 14.8. The van der Waals surface area contributed by atoms with E-state index in [0.29, 0.717) is 24.2 Å². The summed E-state index contributed by atoms with van der Waals surface area (Å²) in [5.74, 6) is -0.527. The lowest BCUT2D eigenvalue weighted by molar-refractivity contribution is 0.0787. The van der Waals surface area contributed by atoms with Crippen LogP contribution >= 0.6 is 11.6 Å². The molecule has 0 radical (unpaired) electrons. The summed E-state index contributed by atoms with van der Waals surface area (Å²) in [6.07, 6.45) is 0. The molecule has 1 aliphatic rings. The molecule has 0 N–H and O–H groups in total. The average Bonchev–Trinajstić information content (AvgIpc) is 2.44. The monoisotopic (exact) mass is 213 g/mol. The van der Waals surface area contributed by atoms with Gasteiger partial charge >= 0.3 is 0 Å². The first kappa shape index (κ1) is 9.46. The van der Waals surface area contributed by atoms with Crippen molar-refractivity contribution in [3.63, 3.8) is 0 Å². The molecule has 0 saturated heterocycles. The predicted octanol–water partition coefficient (Wildman–Crippen LogP) is 2.45. The molecule has 0 spiro atoms. The van der Waals surface area contributed by atoms with E-state index in [1.165, 1.54) is 12.1 Å². The van der Waals surface area contributed by atoms with Gasteiger partial charge in [0.1, 0.15) is 5.82 Å². The summed E-state index contributed by atoms with van der Waals surface area (Å²) < 4.78 is 13.4. The molecule has 4 heteroatoms. The molecule has 1 aliphatic heterocycles. The van der Waals surface area contributed by atoms with Crippen LogP contribution in [0.15, 0.2) is 12.1 Å². The van der Waals surface area contributed by atoms with Crippen LogP contribution < -0.4 is 0 Å². The number of nitrogens with zero attached hydrogens (tertiary/aromatic N) is 1. The predicted molar refractivity (Wildman–Crippen MR) is 51.8 cm³/mol. The zero-order valence-electron chi connectivity index (χ0n) is 7.68. The Morgan fingerprint density at radius 1 is 1.57 bits per heavy atom. The molecule has 2 nitrogen and oxygen atoms in total. The van der Waals surface area contributed by atoms with Crippen molar-refractivity contribution in [3.05, 3.63) is 34.1 Å². The van der Waals surface area contributed by atoms with Gasteiger partial charge in [0.25, 0.3) is 5.91 Å². The molecule has 1 aromatic carbocycles. The number of halogens is 2. The summed E-state index contributed by atoms with van der Waals surface area (Å²) in [5, 5.41) is 0.271. The Balaban J connectivity index is 2.53. The second kappa shape index (κ2) is 3.24. The topological polar surface area (TPSA) is 20.3 Å². The van der Waals surface area contributed by atoms with Crippen LogP contribution in [-0.2, 0) is 6.54 Å². The van der Waals surface area contributed by atoms with E-state index < -0.39 is 5.82 Å². The Labute approximate surface area is 86.3 Å². The van der Waals surface area contributed by atoms with Gasteiger partial charge in [-0.15, -0.1) is 0 Å². The van der Waals surface area contributed by atoms with Crippen LogP contribution in [0.5, 0.6) is 0 Å². The SMILES string of the molecule is CCN1Cc2c(F)cc(Cl)cc2C1=O. The van der Waals surface area contributed by atoms with Crippen molar-refractivity contribution in [2.24, 2.45) is 0 Å². The fourth-order valence-corrected chi connectivity index (χ4v) is 1.85. The van der Waals surface area contributed by atoms with E-state index in [1.807, 2.05) is 6.92 Å². The van der Waals surface area contributed by atoms with E-state index in [9.17, 15) is 9.18 Å². The summed E-state index contributed by atoms with van der Waals surface area (Å²) in [6.45, 7) is 2.81. The van der Waals surface area contributed by atoms with E-state index in [2.05, 4.69) is 0 Å². The average molecular weight is 214 g/mol. The van der Waals surface area contributed by atoms with Crippen LogP contribution in [0, 0.1) is 5.82 Å². The lowest BCUT2D eigenvalue weighted by atomic mass is 10.1. The van der Waals surface area contributed by atoms with Crippen LogP contribution in [-0.4, -0.2) is 17.4 Å². The summed E-state index contributed by atoms with van der Waals surface area (Å²) >= 11 is 5.67. The van der Waals surface area contributed by atoms with Gasteiger partial charge in [0.2, 0.25) is 0 Å². The van der Waals surface area contributed by atoms with Gasteiger partial charge in [0.05, 0.1) is 0 Å². The highest BCUT2D eigenvalue weighted by Gasteiger charge is 2.28. The van der Waals surface area contributed by atoms with Gasteiger partial charge in [0, 0.05) is 29.2 Å². The number of hydrogen-bond acceptors (Lipinski definition) is 1. The third-order valence-electron chi connectivity index (χ3n) is 2.41. The molecule has 1 aromatic rings. The molecule has 0 aliphatic carbocycles. The van der Waals surface area contributed by atoms with E-state index in [-0.39, 0.29) is 10.9 Å². The fourth-order valence-electron chi connectivity index (χ4n) is 1.64. The first-order valence-corrected chi connectivity index (χ1v) is 4.78. The third-order valence-corrected chi connectivity index (χ3v) is 2.63. The Morgan fingerprint density at radius 2 is 2.29 bits per heavy atom. The fraction of sp³-hybridized carbons (Fsp3) is 0.300. The zero-order chi connectivity index (χ0) is 10.3. The molecule has 1 amide bonds. The number of fused-ring (bicyclic) bond motifs is 1. The molecular formula is C10H9ClFNO. The van der Waals surface area contributed by atoms with Crippen molar-refractivity contribution in [3.8, 4) is 0 Å². The van der Waals surface area contributed by atoms with Crippen LogP contribution in [0.25, 0.3) is 0 Å². The molecule has 14 heavy (non-hydrogen) atoms. The quantitative estimate of drug-likeness (QED) is 0.702. The molecule has 2 rings (SSSR count). The molecule has 74 valence electrons. The Morgan fingerprint density at radius 3 is 2.93 bits per heavy atom. The lowest BCUT2D eigenvalue weighted by Gasteiger charge is -2.10. The molecule has 0 unspecified atom stereocenters. The molecular weight excluding hydrogens is 205 g/mol. The van der Waals surface area contributed by atoms with Crippen molar-refractivity contribution < 1.29 is 9.18 Å². The van der Waals surface area contributed by atoms with Crippen LogP contribution in [0.1, 0.15) is 22.8 Å². The minimum Gasteiger partial charge on any atom is -0.334 e. The Bertz CT molecular complexity index is 405.